The standard InChI is InChI=1S/C17H11NO4/c1-10-8-16(19)15-9-12(4-7-14(15)17(10)20)11-2-5-13(6-3-11)18(21)22/h2-9H,1H3. The summed E-state index contributed by atoms with van der Waals surface area (Å²) in [6.07, 6.45) is 1.34. The molecule has 0 saturated carbocycles. The molecule has 0 N–H and O–H groups in total. The number of carbonyl (C=O) groups is 2. The van der Waals surface area contributed by atoms with Gasteiger partial charge >= 0.3 is 0 Å². The molecule has 1 aliphatic carbocycles. The fourth-order valence-electron chi connectivity index (χ4n) is 2.45. The fraction of sp³-hybridized carbons (Fsp3) is 0.0588. The zero-order valence-electron chi connectivity index (χ0n) is 11.7. The first kappa shape index (κ1) is 13.9. The highest BCUT2D eigenvalue weighted by Gasteiger charge is 2.23. The topological polar surface area (TPSA) is 77.3 Å². The summed E-state index contributed by atoms with van der Waals surface area (Å²) in [6, 6.07) is 11.1. The third-order valence-electron chi connectivity index (χ3n) is 3.65. The highest BCUT2D eigenvalue weighted by Crippen LogP contribution is 2.28. The molecule has 0 unspecified atom stereocenters. The Morgan fingerprint density at radius 1 is 0.909 bits per heavy atom. The second-order valence-corrected chi connectivity index (χ2v) is 5.09. The van der Waals surface area contributed by atoms with Crippen molar-refractivity contribution < 1.29 is 14.5 Å². The van der Waals surface area contributed by atoms with Gasteiger partial charge in [-0.25, -0.2) is 0 Å². The van der Waals surface area contributed by atoms with Gasteiger partial charge in [0.1, 0.15) is 0 Å². The Labute approximate surface area is 126 Å². The van der Waals surface area contributed by atoms with Crippen molar-refractivity contribution in [2.75, 3.05) is 0 Å². The monoisotopic (exact) mass is 293 g/mol. The second kappa shape index (κ2) is 5.04. The molecule has 1 aliphatic rings. The van der Waals surface area contributed by atoms with Gasteiger partial charge in [0.05, 0.1) is 4.92 Å². The first-order valence-electron chi connectivity index (χ1n) is 6.63. The Kier molecular flexibility index (Phi) is 3.18. The van der Waals surface area contributed by atoms with Crippen LogP contribution in [0.3, 0.4) is 0 Å². The van der Waals surface area contributed by atoms with Crippen LogP contribution in [-0.4, -0.2) is 16.5 Å². The minimum atomic E-state index is -0.466. The average molecular weight is 293 g/mol. The first-order valence-corrected chi connectivity index (χ1v) is 6.63. The van der Waals surface area contributed by atoms with Crippen LogP contribution >= 0.6 is 0 Å². The molecule has 0 aliphatic heterocycles. The number of non-ortho nitro benzene ring substituents is 1. The SMILES string of the molecule is CC1=CC(=O)c2cc(-c3ccc([N+](=O)[O-])cc3)ccc2C1=O. The number of hydrogen-bond acceptors (Lipinski definition) is 4. The van der Waals surface area contributed by atoms with E-state index in [2.05, 4.69) is 0 Å². The summed E-state index contributed by atoms with van der Waals surface area (Å²) in [7, 11) is 0. The van der Waals surface area contributed by atoms with Crippen molar-refractivity contribution in [2.45, 2.75) is 6.92 Å². The highest BCUT2D eigenvalue weighted by atomic mass is 16.6. The summed E-state index contributed by atoms with van der Waals surface area (Å²) in [5, 5.41) is 10.7. The number of nitrogens with zero attached hydrogens (tertiary/aromatic N) is 1. The molecule has 0 saturated heterocycles. The Morgan fingerprint density at radius 3 is 2.18 bits per heavy atom. The van der Waals surface area contributed by atoms with Crippen molar-refractivity contribution in [1.82, 2.24) is 0 Å². The van der Waals surface area contributed by atoms with Crippen molar-refractivity contribution in [3.63, 3.8) is 0 Å². The average Bonchev–Trinajstić information content (AvgIpc) is 2.52. The van der Waals surface area contributed by atoms with E-state index in [1.165, 1.54) is 18.2 Å². The summed E-state index contributed by atoms with van der Waals surface area (Å²) >= 11 is 0. The van der Waals surface area contributed by atoms with E-state index in [0.717, 1.165) is 11.1 Å². The lowest BCUT2D eigenvalue weighted by molar-refractivity contribution is -0.384. The van der Waals surface area contributed by atoms with Crippen molar-refractivity contribution in [3.8, 4) is 11.1 Å². The third kappa shape index (κ3) is 2.22. The number of nitro benzene ring substituents is 1. The van der Waals surface area contributed by atoms with E-state index in [9.17, 15) is 19.7 Å². The van der Waals surface area contributed by atoms with E-state index < -0.39 is 4.92 Å². The molecule has 2 aromatic carbocycles. The van der Waals surface area contributed by atoms with Crippen LogP contribution in [0.5, 0.6) is 0 Å². The molecule has 0 radical (unpaired) electrons. The van der Waals surface area contributed by atoms with Gasteiger partial charge in [-0.05, 0) is 48.4 Å². The van der Waals surface area contributed by atoms with Gasteiger partial charge in [-0.2, -0.15) is 0 Å². The predicted molar refractivity (Wildman–Crippen MR) is 81.0 cm³/mol. The van der Waals surface area contributed by atoms with Crippen LogP contribution in [0.15, 0.2) is 54.1 Å². The number of carbonyl (C=O) groups excluding carboxylic acids is 2. The summed E-state index contributed by atoms with van der Waals surface area (Å²) < 4.78 is 0. The normalized spacial score (nSPS) is 13.6. The minimum absolute atomic E-state index is 0.00604. The molecule has 5 heteroatoms. The lowest BCUT2D eigenvalue weighted by Crippen LogP contribution is -2.15. The lowest BCUT2D eigenvalue weighted by Gasteiger charge is -2.14. The van der Waals surface area contributed by atoms with E-state index in [-0.39, 0.29) is 17.3 Å². The molecule has 0 atom stereocenters. The third-order valence-corrected chi connectivity index (χ3v) is 3.65. The predicted octanol–water partition coefficient (Wildman–Crippen LogP) is 3.59. The zero-order valence-corrected chi connectivity index (χ0v) is 11.7. The zero-order chi connectivity index (χ0) is 15.9. The molecule has 2 aromatic rings. The molecule has 0 fully saturated rings. The van der Waals surface area contributed by atoms with E-state index in [0.29, 0.717) is 16.7 Å². The van der Waals surface area contributed by atoms with Crippen molar-refractivity contribution in [3.05, 3.63) is 75.4 Å². The van der Waals surface area contributed by atoms with Gasteiger partial charge in [-0.1, -0.05) is 6.07 Å². The van der Waals surface area contributed by atoms with Crippen LogP contribution in [0, 0.1) is 10.1 Å². The Hall–Kier alpha value is -3.08. The van der Waals surface area contributed by atoms with Crippen molar-refractivity contribution in [1.29, 1.82) is 0 Å². The van der Waals surface area contributed by atoms with Gasteiger partial charge in [0.25, 0.3) is 5.69 Å². The van der Waals surface area contributed by atoms with E-state index in [1.54, 1.807) is 37.3 Å². The maximum Gasteiger partial charge on any atom is 0.269 e. The Bertz CT molecular complexity index is 847. The number of allylic oxidation sites excluding steroid dienone is 2. The van der Waals surface area contributed by atoms with E-state index in [1.807, 2.05) is 0 Å². The number of ketones is 2. The quantitative estimate of drug-likeness (QED) is 0.626. The number of nitro groups is 1. The van der Waals surface area contributed by atoms with Gasteiger partial charge in [0, 0.05) is 28.8 Å². The largest absolute Gasteiger partial charge is 0.289 e. The number of fused-ring (bicyclic) bond motifs is 1. The second-order valence-electron chi connectivity index (χ2n) is 5.09. The van der Waals surface area contributed by atoms with Crippen molar-refractivity contribution >= 4 is 17.3 Å². The van der Waals surface area contributed by atoms with Gasteiger partial charge in [0.2, 0.25) is 0 Å². The molecular formula is C17H11NO4. The molecular weight excluding hydrogens is 282 g/mol. The van der Waals surface area contributed by atoms with Crippen molar-refractivity contribution in [2.24, 2.45) is 0 Å². The van der Waals surface area contributed by atoms with Gasteiger partial charge in [0.15, 0.2) is 11.6 Å². The van der Waals surface area contributed by atoms with Crippen LogP contribution in [0.2, 0.25) is 0 Å². The molecule has 0 amide bonds. The van der Waals surface area contributed by atoms with Crippen LogP contribution in [-0.2, 0) is 0 Å². The Balaban J connectivity index is 2.05. The van der Waals surface area contributed by atoms with Gasteiger partial charge in [-0.3, -0.25) is 19.7 Å². The van der Waals surface area contributed by atoms with E-state index >= 15 is 0 Å². The minimum Gasteiger partial charge on any atom is -0.289 e. The molecule has 0 aromatic heterocycles. The number of rotatable bonds is 2. The maximum atomic E-state index is 12.1. The van der Waals surface area contributed by atoms with Crippen LogP contribution < -0.4 is 0 Å². The fourth-order valence-corrected chi connectivity index (χ4v) is 2.45. The van der Waals surface area contributed by atoms with Gasteiger partial charge in [-0.15, -0.1) is 0 Å². The molecule has 5 nitrogen and oxygen atoms in total. The lowest BCUT2D eigenvalue weighted by atomic mass is 9.88. The number of Topliss-reactive ketones (excluding diaryl/α,β-unsaturated/α-hetero) is 1. The summed E-state index contributed by atoms with van der Waals surface area (Å²) in [4.78, 5) is 34.3. The van der Waals surface area contributed by atoms with Crippen LogP contribution in [0.1, 0.15) is 27.6 Å². The molecule has 0 spiro atoms. The smallest absolute Gasteiger partial charge is 0.269 e. The number of benzene rings is 2. The van der Waals surface area contributed by atoms with Crippen LogP contribution in [0.4, 0.5) is 5.69 Å². The van der Waals surface area contributed by atoms with E-state index in [4.69, 9.17) is 0 Å². The summed E-state index contributed by atoms with van der Waals surface area (Å²) in [5.74, 6) is -0.347. The maximum absolute atomic E-state index is 12.1. The molecule has 22 heavy (non-hydrogen) atoms. The Morgan fingerprint density at radius 2 is 1.55 bits per heavy atom. The van der Waals surface area contributed by atoms with Gasteiger partial charge < -0.3 is 0 Å². The molecule has 0 bridgehead atoms. The number of hydrogen-bond donors (Lipinski definition) is 0. The molecule has 108 valence electrons. The molecule has 0 heterocycles. The molecule has 3 rings (SSSR count). The highest BCUT2D eigenvalue weighted by molar-refractivity contribution is 6.24. The summed E-state index contributed by atoms with van der Waals surface area (Å²) in [5.41, 5.74) is 2.69. The van der Waals surface area contributed by atoms with Crippen LogP contribution in [0.25, 0.3) is 11.1 Å². The summed E-state index contributed by atoms with van der Waals surface area (Å²) in [6.45, 7) is 1.62. The first-order chi connectivity index (χ1) is 10.5.